The molecule has 1 amide bonds. The van der Waals surface area contributed by atoms with E-state index in [9.17, 15) is 4.79 Å². The van der Waals surface area contributed by atoms with Crippen LogP contribution in [0.25, 0.3) is 0 Å². The first-order chi connectivity index (χ1) is 9.17. The van der Waals surface area contributed by atoms with Gasteiger partial charge in [-0.25, -0.2) is 4.98 Å². The van der Waals surface area contributed by atoms with Gasteiger partial charge in [-0.3, -0.25) is 9.69 Å². The molecule has 1 unspecified atom stereocenters. The minimum Gasteiger partial charge on any atom is -0.330 e. The third-order valence-corrected chi connectivity index (χ3v) is 4.29. The monoisotopic (exact) mass is 282 g/mol. The van der Waals surface area contributed by atoms with Gasteiger partial charge in [0.05, 0.1) is 12.2 Å². The zero-order valence-corrected chi connectivity index (χ0v) is 12.2. The number of nitrogens with zero attached hydrogens (tertiary/aromatic N) is 2. The molecule has 5 nitrogen and oxygen atoms in total. The maximum atomic E-state index is 11.9. The van der Waals surface area contributed by atoms with Crippen molar-refractivity contribution in [1.82, 2.24) is 9.88 Å². The zero-order valence-electron chi connectivity index (χ0n) is 11.4. The molecule has 0 spiro atoms. The summed E-state index contributed by atoms with van der Waals surface area (Å²) in [5.74, 6) is 0.677. The minimum atomic E-state index is 0.0303. The Morgan fingerprint density at radius 1 is 1.68 bits per heavy atom. The fourth-order valence-electron chi connectivity index (χ4n) is 2.54. The third-order valence-electron chi connectivity index (χ3n) is 3.41. The summed E-state index contributed by atoms with van der Waals surface area (Å²) in [7, 11) is 0. The molecular weight excluding hydrogens is 260 g/mol. The van der Waals surface area contributed by atoms with Crippen LogP contribution in [0.15, 0.2) is 5.38 Å². The highest BCUT2D eigenvalue weighted by atomic mass is 32.1. The molecule has 0 aromatic carbocycles. The summed E-state index contributed by atoms with van der Waals surface area (Å²) in [6.45, 7) is 5.11. The zero-order chi connectivity index (χ0) is 13.7. The molecule has 0 aliphatic carbocycles. The van der Waals surface area contributed by atoms with Gasteiger partial charge in [-0.1, -0.05) is 0 Å². The lowest BCUT2D eigenvalue weighted by Gasteiger charge is -2.31. The maximum Gasteiger partial charge on any atom is 0.240 e. The number of hydrogen-bond acceptors (Lipinski definition) is 5. The Balaban J connectivity index is 1.78. The second kappa shape index (κ2) is 6.98. The van der Waals surface area contributed by atoms with E-state index in [-0.39, 0.29) is 5.91 Å². The number of likely N-dealkylation sites (tertiary alicyclic amines) is 1. The molecule has 0 bridgehead atoms. The van der Waals surface area contributed by atoms with Gasteiger partial charge in [-0.05, 0) is 45.2 Å². The smallest absolute Gasteiger partial charge is 0.240 e. The normalized spacial score (nSPS) is 20.4. The molecule has 19 heavy (non-hydrogen) atoms. The number of anilines is 1. The number of piperidine rings is 1. The molecule has 6 heteroatoms. The van der Waals surface area contributed by atoms with E-state index in [1.54, 1.807) is 0 Å². The first-order valence-corrected chi connectivity index (χ1v) is 7.69. The van der Waals surface area contributed by atoms with Crippen LogP contribution < -0.4 is 11.1 Å². The molecule has 1 aliphatic rings. The number of aryl methyl sites for hydroxylation is 1. The Bertz CT molecular complexity index is 419. The number of carbonyl (C=O) groups excluding carboxylic acids is 1. The predicted molar refractivity (Wildman–Crippen MR) is 78.3 cm³/mol. The molecular formula is C13H22N4OS. The number of rotatable bonds is 5. The van der Waals surface area contributed by atoms with Gasteiger partial charge in [0.15, 0.2) is 5.13 Å². The minimum absolute atomic E-state index is 0.0303. The SMILES string of the molecule is Cc1csc(NC(=O)CN2CCCC(CCN)C2)n1. The van der Waals surface area contributed by atoms with Gasteiger partial charge in [-0.2, -0.15) is 0 Å². The molecule has 3 N–H and O–H groups in total. The Morgan fingerprint density at radius 3 is 3.21 bits per heavy atom. The Labute approximate surface area is 118 Å². The van der Waals surface area contributed by atoms with E-state index >= 15 is 0 Å². The highest BCUT2D eigenvalue weighted by molar-refractivity contribution is 7.13. The highest BCUT2D eigenvalue weighted by Crippen LogP contribution is 2.19. The maximum absolute atomic E-state index is 11.9. The van der Waals surface area contributed by atoms with Crippen molar-refractivity contribution in [1.29, 1.82) is 0 Å². The molecule has 1 saturated heterocycles. The van der Waals surface area contributed by atoms with Gasteiger partial charge in [0.25, 0.3) is 0 Å². The summed E-state index contributed by atoms with van der Waals surface area (Å²) in [4.78, 5) is 18.4. The number of nitrogens with two attached hydrogens (primary N) is 1. The summed E-state index contributed by atoms with van der Waals surface area (Å²) < 4.78 is 0. The van der Waals surface area contributed by atoms with Crippen LogP contribution in [-0.2, 0) is 4.79 Å². The van der Waals surface area contributed by atoms with Crippen LogP contribution in [0.3, 0.4) is 0 Å². The van der Waals surface area contributed by atoms with E-state index < -0.39 is 0 Å². The largest absolute Gasteiger partial charge is 0.330 e. The lowest BCUT2D eigenvalue weighted by atomic mass is 9.95. The van der Waals surface area contributed by atoms with E-state index in [2.05, 4.69) is 15.2 Å². The van der Waals surface area contributed by atoms with E-state index in [1.807, 2.05) is 12.3 Å². The fraction of sp³-hybridized carbons (Fsp3) is 0.692. The number of hydrogen-bond donors (Lipinski definition) is 2. The summed E-state index contributed by atoms with van der Waals surface area (Å²) in [6, 6.07) is 0. The molecule has 0 saturated carbocycles. The Hall–Kier alpha value is -0.980. The summed E-state index contributed by atoms with van der Waals surface area (Å²) in [6.07, 6.45) is 3.46. The molecule has 1 aromatic rings. The molecule has 0 radical (unpaired) electrons. The van der Waals surface area contributed by atoms with Crippen LogP contribution in [-0.4, -0.2) is 42.0 Å². The van der Waals surface area contributed by atoms with Crippen molar-refractivity contribution < 1.29 is 4.79 Å². The third kappa shape index (κ3) is 4.56. The highest BCUT2D eigenvalue weighted by Gasteiger charge is 2.21. The molecule has 1 fully saturated rings. The van der Waals surface area contributed by atoms with E-state index in [0.717, 1.165) is 38.2 Å². The molecule has 1 aliphatic heterocycles. The fourth-order valence-corrected chi connectivity index (χ4v) is 3.24. The standard InChI is InChI=1S/C13H22N4OS/c1-10-9-19-13(15-10)16-12(18)8-17-6-2-3-11(7-17)4-5-14/h9,11H,2-8,14H2,1H3,(H,15,16,18). The van der Waals surface area contributed by atoms with E-state index in [4.69, 9.17) is 5.73 Å². The van der Waals surface area contributed by atoms with Gasteiger partial charge in [0.2, 0.25) is 5.91 Å². The first-order valence-electron chi connectivity index (χ1n) is 6.82. The quantitative estimate of drug-likeness (QED) is 0.857. The number of nitrogens with one attached hydrogen (secondary N) is 1. The molecule has 1 atom stereocenters. The summed E-state index contributed by atoms with van der Waals surface area (Å²) >= 11 is 1.47. The van der Waals surface area contributed by atoms with Crippen molar-refractivity contribution in [3.8, 4) is 0 Å². The van der Waals surface area contributed by atoms with Crippen LogP contribution in [0.4, 0.5) is 5.13 Å². The molecule has 2 heterocycles. The van der Waals surface area contributed by atoms with Crippen LogP contribution in [0.2, 0.25) is 0 Å². The number of carbonyl (C=O) groups is 1. The molecule has 106 valence electrons. The van der Waals surface area contributed by atoms with E-state index in [1.165, 1.54) is 17.8 Å². The lowest BCUT2D eigenvalue weighted by molar-refractivity contribution is -0.117. The first kappa shape index (κ1) is 14.4. The van der Waals surface area contributed by atoms with Gasteiger partial charge in [-0.15, -0.1) is 11.3 Å². The van der Waals surface area contributed by atoms with Crippen LogP contribution in [0.5, 0.6) is 0 Å². The molecule has 2 rings (SSSR count). The Morgan fingerprint density at radius 2 is 2.53 bits per heavy atom. The van der Waals surface area contributed by atoms with Crippen molar-refractivity contribution in [2.24, 2.45) is 11.7 Å². The Kier molecular flexibility index (Phi) is 5.30. The second-order valence-electron chi connectivity index (χ2n) is 5.16. The van der Waals surface area contributed by atoms with Gasteiger partial charge in [0, 0.05) is 11.9 Å². The molecule has 1 aromatic heterocycles. The second-order valence-corrected chi connectivity index (χ2v) is 6.02. The lowest BCUT2D eigenvalue weighted by Crippen LogP contribution is -2.40. The van der Waals surface area contributed by atoms with E-state index in [0.29, 0.717) is 17.6 Å². The van der Waals surface area contributed by atoms with Crippen LogP contribution >= 0.6 is 11.3 Å². The van der Waals surface area contributed by atoms with Crippen LogP contribution in [0.1, 0.15) is 25.0 Å². The van der Waals surface area contributed by atoms with Gasteiger partial charge >= 0.3 is 0 Å². The van der Waals surface area contributed by atoms with Crippen LogP contribution in [0, 0.1) is 12.8 Å². The topological polar surface area (TPSA) is 71.2 Å². The summed E-state index contributed by atoms with van der Waals surface area (Å²) in [5, 5.41) is 5.49. The average molecular weight is 282 g/mol. The van der Waals surface area contributed by atoms with Crippen molar-refractivity contribution in [3.63, 3.8) is 0 Å². The van der Waals surface area contributed by atoms with Crippen molar-refractivity contribution in [2.45, 2.75) is 26.2 Å². The van der Waals surface area contributed by atoms with Crippen molar-refractivity contribution >= 4 is 22.4 Å². The predicted octanol–water partition coefficient (Wildman–Crippen LogP) is 1.45. The van der Waals surface area contributed by atoms with Crippen molar-refractivity contribution in [2.75, 3.05) is 31.5 Å². The van der Waals surface area contributed by atoms with Gasteiger partial charge < -0.3 is 11.1 Å². The number of aromatic nitrogens is 1. The van der Waals surface area contributed by atoms with Crippen molar-refractivity contribution in [3.05, 3.63) is 11.1 Å². The summed E-state index contributed by atoms with van der Waals surface area (Å²) in [5.41, 5.74) is 6.55. The average Bonchev–Trinajstić information content (AvgIpc) is 2.75. The number of amides is 1. The van der Waals surface area contributed by atoms with Gasteiger partial charge in [0.1, 0.15) is 0 Å². The number of thiazole rings is 1.